The highest BCUT2D eigenvalue weighted by Gasteiger charge is 2.29. The summed E-state index contributed by atoms with van der Waals surface area (Å²) in [4.78, 5) is 4.09. The minimum atomic E-state index is -0.751. The third kappa shape index (κ3) is 4.31. The van der Waals surface area contributed by atoms with E-state index in [0.29, 0.717) is 45.1 Å². The second-order valence-corrected chi connectivity index (χ2v) is 3.71. The Kier molecular flexibility index (Phi) is 4.58. The molecule has 0 radical (unpaired) electrons. The molecule has 5 nitrogen and oxygen atoms in total. The molecule has 1 fully saturated rings. The van der Waals surface area contributed by atoms with Crippen LogP contribution < -0.4 is 11.1 Å². The van der Waals surface area contributed by atoms with Crippen LogP contribution in [0, 0.1) is 0 Å². The minimum Gasteiger partial charge on any atom is -0.388 e. The summed E-state index contributed by atoms with van der Waals surface area (Å²) in [6.45, 7) is 5.64. The summed E-state index contributed by atoms with van der Waals surface area (Å²) in [6, 6.07) is 0. The van der Waals surface area contributed by atoms with E-state index < -0.39 is 5.60 Å². The molecule has 0 atom stereocenters. The van der Waals surface area contributed by atoms with Crippen LogP contribution in [-0.2, 0) is 4.74 Å². The van der Waals surface area contributed by atoms with Crippen LogP contribution in [0.15, 0.2) is 17.6 Å². The Bertz CT molecular complexity index is 235. The van der Waals surface area contributed by atoms with Crippen molar-refractivity contribution in [3.8, 4) is 0 Å². The number of aliphatic hydroxyl groups is 1. The lowest BCUT2D eigenvalue weighted by atomic mass is 9.95. The fourth-order valence-electron chi connectivity index (χ4n) is 1.37. The topological polar surface area (TPSA) is 79.9 Å². The maximum absolute atomic E-state index is 10.1. The van der Waals surface area contributed by atoms with Crippen LogP contribution in [0.5, 0.6) is 0 Å². The first-order valence-electron chi connectivity index (χ1n) is 5.11. The first-order valence-corrected chi connectivity index (χ1v) is 5.11. The summed E-state index contributed by atoms with van der Waals surface area (Å²) in [5, 5.41) is 12.9. The number of rotatable bonds is 4. The number of hydrogen-bond donors (Lipinski definition) is 3. The second-order valence-electron chi connectivity index (χ2n) is 3.71. The van der Waals surface area contributed by atoms with E-state index in [4.69, 9.17) is 10.5 Å². The van der Waals surface area contributed by atoms with E-state index in [9.17, 15) is 5.11 Å². The molecule has 0 spiro atoms. The Labute approximate surface area is 90.0 Å². The highest BCUT2D eigenvalue weighted by molar-refractivity contribution is 5.77. The fourth-order valence-corrected chi connectivity index (χ4v) is 1.37. The van der Waals surface area contributed by atoms with E-state index in [1.54, 1.807) is 6.08 Å². The van der Waals surface area contributed by atoms with E-state index >= 15 is 0 Å². The first-order chi connectivity index (χ1) is 7.16. The lowest BCUT2D eigenvalue weighted by molar-refractivity contribution is -0.0565. The maximum atomic E-state index is 10.1. The molecule has 5 heteroatoms. The second kappa shape index (κ2) is 5.72. The molecule has 0 aromatic carbocycles. The highest BCUT2D eigenvalue weighted by atomic mass is 16.5. The van der Waals surface area contributed by atoms with Crippen LogP contribution in [0.4, 0.5) is 0 Å². The lowest BCUT2D eigenvalue weighted by Crippen LogP contribution is -2.41. The lowest BCUT2D eigenvalue weighted by Gasteiger charge is -2.30. The number of nitrogens with two attached hydrogens (primary N) is 1. The van der Waals surface area contributed by atoms with Gasteiger partial charge in [0, 0.05) is 32.6 Å². The minimum absolute atomic E-state index is 0.326. The summed E-state index contributed by atoms with van der Waals surface area (Å²) in [5.74, 6) is 0.342. The van der Waals surface area contributed by atoms with E-state index in [1.807, 2.05) is 0 Å². The number of aliphatic imine (C=N–C) groups is 1. The zero-order chi connectivity index (χ0) is 11.1. The monoisotopic (exact) mass is 213 g/mol. The molecule has 86 valence electrons. The van der Waals surface area contributed by atoms with Gasteiger partial charge in [-0.1, -0.05) is 6.08 Å². The van der Waals surface area contributed by atoms with Crippen molar-refractivity contribution in [1.29, 1.82) is 0 Å². The van der Waals surface area contributed by atoms with E-state index in [1.165, 1.54) is 0 Å². The first kappa shape index (κ1) is 12.0. The van der Waals surface area contributed by atoms with Crippen LogP contribution in [0.1, 0.15) is 12.8 Å². The summed E-state index contributed by atoms with van der Waals surface area (Å²) in [5.41, 5.74) is 4.83. The largest absolute Gasteiger partial charge is 0.388 e. The molecular weight excluding hydrogens is 194 g/mol. The van der Waals surface area contributed by atoms with E-state index in [0.717, 1.165) is 0 Å². The van der Waals surface area contributed by atoms with Crippen LogP contribution in [0.3, 0.4) is 0 Å². The Balaban J connectivity index is 2.35. The summed E-state index contributed by atoms with van der Waals surface area (Å²) < 4.78 is 5.17. The van der Waals surface area contributed by atoms with Crippen LogP contribution in [0.25, 0.3) is 0 Å². The molecule has 1 saturated heterocycles. The molecule has 1 aliphatic heterocycles. The van der Waals surface area contributed by atoms with Gasteiger partial charge in [-0.2, -0.15) is 0 Å². The standard InChI is InChI=1S/C10H19N3O2/c1-2-5-12-9(11)13-8-10(14)3-6-15-7-4-10/h2,14H,1,3-8H2,(H3,11,12,13). The van der Waals surface area contributed by atoms with Gasteiger partial charge in [-0.15, -0.1) is 6.58 Å². The Morgan fingerprint density at radius 1 is 1.60 bits per heavy atom. The maximum Gasteiger partial charge on any atom is 0.188 e. The van der Waals surface area contributed by atoms with Crippen molar-refractivity contribution in [1.82, 2.24) is 5.32 Å². The molecule has 15 heavy (non-hydrogen) atoms. The van der Waals surface area contributed by atoms with Crippen molar-refractivity contribution in [3.05, 3.63) is 12.7 Å². The summed E-state index contributed by atoms with van der Waals surface area (Å²) >= 11 is 0. The van der Waals surface area contributed by atoms with Crippen molar-refractivity contribution in [2.75, 3.05) is 26.3 Å². The van der Waals surface area contributed by atoms with Crippen LogP contribution >= 0.6 is 0 Å². The predicted octanol–water partition coefficient (Wildman–Crippen LogP) is -0.382. The normalized spacial score (nSPS) is 21.0. The predicted molar refractivity (Wildman–Crippen MR) is 59.7 cm³/mol. The number of nitrogens with zero attached hydrogens (tertiary/aromatic N) is 1. The van der Waals surface area contributed by atoms with Gasteiger partial charge in [0.15, 0.2) is 5.96 Å². The van der Waals surface area contributed by atoms with Crippen molar-refractivity contribution < 1.29 is 9.84 Å². The molecule has 1 rings (SSSR count). The summed E-state index contributed by atoms with van der Waals surface area (Å²) in [6.07, 6.45) is 2.93. The molecular formula is C10H19N3O2. The van der Waals surface area contributed by atoms with Gasteiger partial charge in [0.25, 0.3) is 0 Å². The molecule has 0 aromatic heterocycles. The molecule has 0 unspecified atom stereocenters. The number of nitrogens with one attached hydrogen (secondary N) is 1. The zero-order valence-electron chi connectivity index (χ0n) is 8.91. The third-order valence-electron chi connectivity index (χ3n) is 2.39. The van der Waals surface area contributed by atoms with Crippen LogP contribution in [-0.4, -0.2) is 43.0 Å². The van der Waals surface area contributed by atoms with Gasteiger partial charge in [-0.3, -0.25) is 4.99 Å². The number of hydrogen-bond acceptors (Lipinski definition) is 3. The van der Waals surface area contributed by atoms with Gasteiger partial charge < -0.3 is 20.9 Å². The van der Waals surface area contributed by atoms with Gasteiger partial charge in [-0.05, 0) is 0 Å². The molecule has 0 amide bonds. The van der Waals surface area contributed by atoms with Crippen LogP contribution in [0.2, 0.25) is 0 Å². The fraction of sp³-hybridized carbons (Fsp3) is 0.700. The van der Waals surface area contributed by atoms with E-state index in [2.05, 4.69) is 16.9 Å². The molecule has 0 aromatic rings. The van der Waals surface area contributed by atoms with Crippen molar-refractivity contribution in [2.24, 2.45) is 10.7 Å². The smallest absolute Gasteiger partial charge is 0.188 e. The Morgan fingerprint density at radius 2 is 2.27 bits per heavy atom. The summed E-state index contributed by atoms with van der Waals surface area (Å²) in [7, 11) is 0. The highest BCUT2D eigenvalue weighted by Crippen LogP contribution is 2.20. The van der Waals surface area contributed by atoms with E-state index in [-0.39, 0.29) is 0 Å². The number of guanidine groups is 1. The average Bonchev–Trinajstić information content (AvgIpc) is 2.25. The number of ether oxygens (including phenoxy) is 1. The molecule has 0 bridgehead atoms. The molecule has 0 saturated carbocycles. The van der Waals surface area contributed by atoms with Crippen molar-refractivity contribution in [3.63, 3.8) is 0 Å². The van der Waals surface area contributed by atoms with Gasteiger partial charge in [0.05, 0.1) is 12.1 Å². The quantitative estimate of drug-likeness (QED) is 0.338. The van der Waals surface area contributed by atoms with Gasteiger partial charge in [-0.25, -0.2) is 0 Å². The Hall–Kier alpha value is -1.07. The molecule has 1 aliphatic rings. The van der Waals surface area contributed by atoms with Gasteiger partial charge >= 0.3 is 0 Å². The van der Waals surface area contributed by atoms with Crippen molar-refractivity contribution in [2.45, 2.75) is 18.4 Å². The zero-order valence-corrected chi connectivity index (χ0v) is 8.91. The third-order valence-corrected chi connectivity index (χ3v) is 2.39. The SMILES string of the molecule is C=CCNC(N)=NCC1(O)CCOCC1. The van der Waals surface area contributed by atoms with Gasteiger partial charge in [0.2, 0.25) is 0 Å². The molecule has 1 heterocycles. The molecule has 4 N–H and O–H groups in total. The average molecular weight is 213 g/mol. The van der Waals surface area contributed by atoms with Crippen molar-refractivity contribution >= 4 is 5.96 Å². The van der Waals surface area contributed by atoms with Gasteiger partial charge in [0.1, 0.15) is 0 Å². The molecule has 0 aliphatic carbocycles. The Morgan fingerprint density at radius 3 is 2.87 bits per heavy atom.